The fourth-order valence-electron chi connectivity index (χ4n) is 2.09. The van der Waals surface area contributed by atoms with Gasteiger partial charge in [0.1, 0.15) is 11.6 Å². The van der Waals surface area contributed by atoms with E-state index in [2.05, 4.69) is 4.98 Å². The Labute approximate surface area is 119 Å². The van der Waals surface area contributed by atoms with Crippen LogP contribution in [0.2, 0.25) is 5.02 Å². The number of benzene rings is 2. The van der Waals surface area contributed by atoms with Crippen LogP contribution in [0.3, 0.4) is 0 Å². The molecular weight excluding hydrogens is 286 g/mol. The molecule has 2 nitrogen and oxygen atoms in total. The van der Waals surface area contributed by atoms with Crippen molar-refractivity contribution in [3.63, 3.8) is 0 Å². The molecule has 0 amide bonds. The summed E-state index contributed by atoms with van der Waals surface area (Å²) in [4.78, 5) is 4.40. The van der Waals surface area contributed by atoms with Crippen molar-refractivity contribution < 1.29 is 4.39 Å². The summed E-state index contributed by atoms with van der Waals surface area (Å²) >= 11 is 11.9. The number of halogens is 3. The van der Waals surface area contributed by atoms with Gasteiger partial charge in [0, 0.05) is 5.02 Å². The summed E-state index contributed by atoms with van der Waals surface area (Å²) in [6.45, 7) is 0. The Balaban J connectivity index is 2.38. The first kappa shape index (κ1) is 12.5. The lowest BCUT2D eigenvalue weighted by Crippen LogP contribution is -2.01. The third-order valence-corrected chi connectivity index (χ3v) is 3.37. The smallest absolute Gasteiger partial charge is 0.147 e. The van der Waals surface area contributed by atoms with Gasteiger partial charge in [0.05, 0.1) is 22.6 Å². The van der Waals surface area contributed by atoms with Crippen molar-refractivity contribution >= 4 is 34.2 Å². The topological polar surface area (TPSA) is 17.8 Å². The summed E-state index contributed by atoms with van der Waals surface area (Å²) in [6.07, 6.45) is 0. The maximum Gasteiger partial charge on any atom is 0.147 e. The minimum absolute atomic E-state index is 0.195. The van der Waals surface area contributed by atoms with E-state index in [-0.39, 0.29) is 11.7 Å². The molecule has 2 aromatic carbocycles. The highest BCUT2D eigenvalue weighted by atomic mass is 35.5. The van der Waals surface area contributed by atoms with E-state index in [1.807, 2.05) is 0 Å². The van der Waals surface area contributed by atoms with E-state index in [0.717, 1.165) is 11.0 Å². The van der Waals surface area contributed by atoms with Gasteiger partial charge in [0.2, 0.25) is 0 Å². The zero-order valence-electron chi connectivity index (χ0n) is 9.78. The number of rotatable bonds is 2. The second-order valence-electron chi connectivity index (χ2n) is 4.08. The van der Waals surface area contributed by atoms with Gasteiger partial charge >= 0.3 is 0 Å². The molecule has 0 N–H and O–H groups in total. The third kappa shape index (κ3) is 2.09. The number of hydrogen-bond acceptors (Lipinski definition) is 1. The standard InChI is InChI=1S/C14H9Cl2FN2/c15-8-14-18-11-6-5-9(16)7-13(11)19(14)12-4-2-1-3-10(12)17/h1-7H,8H2. The average Bonchev–Trinajstić information content (AvgIpc) is 2.77. The van der Waals surface area contributed by atoms with Gasteiger partial charge < -0.3 is 0 Å². The maximum atomic E-state index is 14.0. The fourth-order valence-corrected chi connectivity index (χ4v) is 2.44. The van der Waals surface area contributed by atoms with E-state index in [9.17, 15) is 4.39 Å². The molecule has 96 valence electrons. The van der Waals surface area contributed by atoms with Crippen LogP contribution in [0.4, 0.5) is 4.39 Å². The van der Waals surface area contributed by atoms with Crippen LogP contribution in [0.15, 0.2) is 42.5 Å². The fraction of sp³-hybridized carbons (Fsp3) is 0.0714. The molecule has 1 heterocycles. The first-order valence-electron chi connectivity index (χ1n) is 5.68. The van der Waals surface area contributed by atoms with Crippen molar-refractivity contribution in [1.82, 2.24) is 9.55 Å². The van der Waals surface area contributed by atoms with E-state index < -0.39 is 0 Å². The molecule has 0 aliphatic carbocycles. The minimum atomic E-state index is -0.326. The van der Waals surface area contributed by atoms with Gasteiger partial charge in [-0.1, -0.05) is 23.7 Å². The predicted octanol–water partition coefficient (Wildman–Crippen LogP) is 4.56. The quantitative estimate of drug-likeness (QED) is 0.634. The highest BCUT2D eigenvalue weighted by Crippen LogP contribution is 2.26. The van der Waals surface area contributed by atoms with Gasteiger partial charge in [-0.05, 0) is 30.3 Å². The van der Waals surface area contributed by atoms with Gasteiger partial charge in [0.25, 0.3) is 0 Å². The summed E-state index contributed by atoms with van der Waals surface area (Å²) in [7, 11) is 0. The third-order valence-electron chi connectivity index (χ3n) is 2.90. The first-order chi connectivity index (χ1) is 9.20. The van der Waals surface area contributed by atoms with Crippen LogP contribution in [0.1, 0.15) is 5.82 Å². The van der Waals surface area contributed by atoms with Crippen molar-refractivity contribution in [2.24, 2.45) is 0 Å². The van der Waals surface area contributed by atoms with Crippen molar-refractivity contribution in [3.8, 4) is 5.69 Å². The summed E-state index contributed by atoms with van der Waals surface area (Å²) in [6, 6.07) is 11.8. The lowest BCUT2D eigenvalue weighted by atomic mass is 10.2. The molecule has 0 saturated heterocycles. The number of fused-ring (bicyclic) bond motifs is 1. The number of imidazole rings is 1. The van der Waals surface area contributed by atoms with Crippen molar-refractivity contribution in [2.45, 2.75) is 5.88 Å². The lowest BCUT2D eigenvalue weighted by Gasteiger charge is -2.08. The second kappa shape index (κ2) is 4.83. The molecule has 0 bridgehead atoms. The SMILES string of the molecule is Fc1ccccc1-n1c(CCl)nc2ccc(Cl)cc21. The Morgan fingerprint density at radius 1 is 1.16 bits per heavy atom. The molecule has 19 heavy (non-hydrogen) atoms. The average molecular weight is 295 g/mol. The van der Waals surface area contributed by atoms with Gasteiger partial charge in [-0.3, -0.25) is 4.57 Å². The predicted molar refractivity (Wildman–Crippen MR) is 75.6 cm³/mol. The molecule has 1 aromatic heterocycles. The summed E-state index contributed by atoms with van der Waals surface area (Å²) < 4.78 is 15.7. The van der Waals surface area contributed by atoms with E-state index in [4.69, 9.17) is 23.2 Å². The molecule has 3 rings (SSSR count). The lowest BCUT2D eigenvalue weighted by molar-refractivity contribution is 0.618. The monoisotopic (exact) mass is 294 g/mol. The highest BCUT2D eigenvalue weighted by Gasteiger charge is 2.14. The van der Waals surface area contributed by atoms with Crippen molar-refractivity contribution in [2.75, 3.05) is 0 Å². The Bertz CT molecular complexity index is 752. The molecule has 0 atom stereocenters. The van der Waals surface area contributed by atoms with Gasteiger partial charge in [-0.2, -0.15) is 0 Å². The first-order valence-corrected chi connectivity index (χ1v) is 6.59. The van der Waals surface area contributed by atoms with Crippen LogP contribution >= 0.6 is 23.2 Å². The van der Waals surface area contributed by atoms with Crippen LogP contribution in [-0.2, 0) is 5.88 Å². The Morgan fingerprint density at radius 2 is 1.95 bits per heavy atom. The molecular formula is C14H9Cl2FN2. The molecule has 0 fully saturated rings. The molecule has 3 aromatic rings. The second-order valence-corrected chi connectivity index (χ2v) is 4.79. The van der Waals surface area contributed by atoms with E-state index in [0.29, 0.717) is 16.5 Å². The van der Waals surface area contributed by atoms with Crippen LogP contribution < -0.4 is 0 Å². The number of hydrogen-bond donors (Lipinski definition) is 0. The maximum absolute atomic E-state index is 14.0. The Hall–Kier alpha value is -1.58. The highest BCUT2D eigenvalue weighted by molar-refractivity contribution is 6.31. The number of aromatic nitrogens is 2. The molecule has 0 spiro atoms. The van der Waals surface area contributed by atoms with Gasteiger partial charge in [-0.15, -0.1) is 11.6 Å². The van der Waals surface area contributed by atoms with E-state index in [1.54, 1.807) is 41.0 Å². The van der Waals surface area contributed by atoms with Crippen LogP contribution in [0.25, 0.3) is 16.7 Å². The normalized spacial score (nSPS) is 11.1. The molecule has 5 heteroatoms. The zero-order chi connectivity index (χ0) is 13.4. The molecule has 0 radical (unpaired) electrons. The number of nitrogens with zero attached hydrogens (tertiary/aromatic N) is 2. The number of alkyl halides is 1. The van der Waals surface area contributed by atoms with Crippen LogP contribution in [0, 0.1) is 5.82 Å². The van der Waals surface area contributed by atoms with Crippen LogP contribution in [0.5, 0.6) is 0 Å². The Morgan fingerprint density at radius 3 is 2.68 bits per heavy atom. The zero-order valence-corrected chi connectivity index (χ0v) is 11.3. The molecule has 0 unspecified atom stereocenters. The summed E-state index contributed by atoms with van der Waals surface area (Å²) in [5.41, 5.74) is 1.90. The van der Waals surface area contributed by atoms with E-state index >= 15 is 0 Å². The summed E-state index contributed by atoms with van der Waals surface area (Å²) in [5.74, 6) is 0.456. The Kier molecular flexibility index (Phi) is 3.17. The van der Waals surface area contributed by atoms with Crippen LogP contribution in [-0.4, -0.2) is 9.55 Å². The van der Waals surface area contributed by atoms with Gasteiger partial charge in [0.15, 0.2) is 0 Å². The molecule has 0 aliphatic heterocycles. The molecule has 0 aliphatic rings. The number of para-hydroxylation sites is 1. The molecule has 0 saturated carbocycles. The summed E-state index contributed by atoms with van der Waals surface area (Å²) in [5, 5.41) is 0.575. The van der Waals surface area contributed by atoms with Crippen molar-refractivity contribution in [1.29, 1.82) is 0 Å². The van der Waals surface area contributed by atoms with E-state index in [1.165, 1.54) is 6.07 Å². The van der Waals surface area contributed by atoms with Crippen molar-refractivity contribution in [3.05, 3.63) is 59.1 Å². The minimum Gasteiger partial charge on any atom is -0.292 e. The van der Waals surface area contributed by atoms with Gasteiger partial charge in [-0.25, -0.2) is 9.37 Å². The largest absolute Gasteiger partial charge is 0.292 e.